The van der Waals surface area contributed by atoms with E-state index < -0.39 is 36.1 Å². The van der Waals surface area contributed by atoms with Crippen LogP contribution >= 0.6 is 0 Å². The molecular weight excluding hydrogens is 423 g/mol. The van der Waals surface area contributed by atoms with Gasteiger partial charge in [0.2, 0.25) is 5.95 Å². The number of tetrazole rings is 1. The number of nitrogens with zero attached hydrogens (tertiary/aromatic N) is 6. The van der Waals surface area contributed by atoms with E-state index in [2.05, 4.69) is 25.8 Å². The second-order valence-corrected chi connectivity index (χ2v) is 7.09. The van der Waals surface area contributed by atoms with Gasteiger partial charge in [-0.3, -0.25) is 10.1 Å². The predicted molar refractivity (Wildman–Crippen MR) is 97.8 cm³/mol. The Bertz CT molecular complexity index is 981. The maximum atomic E-state index is 13.1. The molecule has 1 atom stereocenters. The first-order valence-electron chi connectivity index (χ1n) is 9.19. The van der Waals surface area contributed by atoms with E-state index in [-0.39, 0.29) is 30.4 Å². The summed E-state index contributed by atoms with van der Waals surface area (Å²) >= 11 is 0. The molecule has 14 heteroatoms. The number of alkyl halides is 3. The van der Waals surface area contributed by atoms with E-state index in [0.717, 1.165) is 6.07 Å². The molecular formula is C17H20F3N7O4. The molecule has 3 heterocycles. The fourth-order valence-electron chi connectivity index (χ4n) is 2.94. The number of halogens is 3. The quantitative estimate of drug-likeness (QED) is 0.685. The third kappa shape index (κ3) is 5.07. The molecule has 2 aromatic heterocycles. The van der Waals surface area contributed by atoms with Gasteiger partial charge in [-0.15, -0.1) is 0 Å². The lowest BCUT2D eigenvalue weighted by atomic mass is 10.1. The lowest BCUT2D eigenvalue weighted by Crippen LogP contribution is -2.36. The number of carbonyl (C=O) groups is 2. The molecule has 0 radical (unpaired) electrons. The number of rotatable bonds is 7. The van der Waals surface area contributed by atoms with Crippen LogP contribution in [0.2, 0.25) is 0 Å². The zero-order valence-corrected chi connectivity index (χ0v) is 16.9. The van der Waals surface area contributed by atoms with E-state index in [0.29, 0.717) is 12.6 Å². The van der Waals surface area contributed by atoms with E-state index in [1.165, 1.54) is 16.6 Å². The van der Waals surface area contributed by atoms with Crippen LogP contribution in [0, 0.1) is 0 Å². The highest BCUT2D eigenvalue weighted by Crippen LogP contribution is 2.29. The summed E-state index contributed by atoms with van der Waals surface area (Å²) < 4.78 is 51.3. The highest BCUT2D eigenvalue weighted by atomic mass is 19.4. The van der Waals surface area contributed by atoms with Crippen LogP contribution in [0.3, 0.4) is 0 Å². The van der Waals surface area contributed by atoms with Gasteiger partial charge in [0.15, 0.2) is 5.60 Å². The molecule has 1 aliphatic heterocycles. The standard InChI is InChI=1S/C17H20F3N7O4/c1-4-27-8-16(2,31-15(27)29)9-30-7-11-10(5-6-12(21-11)17(18,19)20)13(28)22-14-23-24-25-26(14)3/h5-6H,4,7-9H2,1-3H3,(H,22,23,25,28). The van der Waals surface area contributed by atoms with Gasteiger partial charge >= 0.3 is 12.3 Å². The second-order valence-electron chi connectivity index (χ2n) is 7.09. The molecule has 0 aromatic carbocycles. The molecule has 0 bridgehead atoms. The monoisotopic (exact) mass is 443 g/mol. The first kappa shape index (κ1) is 22.4. The molecule has 0 aliphatic carbocycles. The van der Waals surface area contributed by atoms with Crippen LogP contribution in [0.15, 0.2) is 12.1 Å². The minimum absolute atomic E-state index is 0.00167. The molecule has 1 saturated heterocycles. The van der Waals surface area contributed by atoms with Crippen LogP contribution in [-0.2, 0) is 29.3 Å². The minimum atomic E-state index is -4.70. The number of cyclic esters (lactones) is 1. The van der Waals surface area contributed by atoms with Crippen LogP contribution in [0.25, 0.3) is 0 Å². The molecule has 11 nitrogen and oxygen atoms in total. The van der Waals surface area contributed by atoms with Crippen LogP contribution < -0.4 is 5.32 Å². The van der Waals surface area contributed by atoms with Crippen LogP contribution in [0.5, 0.6) is 0 Å². The van der Waals surface area contributed by atoms with Crippen molar-refractivity contribution in [2.45, 2.75) is 32.2 Å². The van der Waals surface area contributed by atoms with Gasteiger partial charge in [-0.25, -0.2) is 14.5 Å². The second kappa shape index (κ2) is 8.45. The molecule has 168 valence electrons. The molecule has 31 heavy (non-hydrogen) atoms. The molecule has 3 rings (SSSR count). The van der Waals surface area contributed by atoms with Gasteiger partial charge < -0.3 is 14.4 Å². The molecule has 1 unspecified atom stereocenters. The van der Waals surface area contributed by atoms with Crippen LogP contribution in [-0.4, -0.2) is 67.4 Å². The normalized spacial score (nSPS) is 18.9. The third-order valence-corrected chi connectivity index (χ3v) is 4.50. The molecule has 1 fully saturated rings. The summed E-state index contributed by atoms with van der Waals surface area (Å²) in [4.78, 5) is 29.4. The number of hydrogen-bond acceptors (Lipinski definition) is 8. The Morgan fingerprint density at radius 2 is 2.13 bits per heavy atom. The smallest absolute Gasteiger partial charge is 0.433 e. The van der Waals surface area contributed by atoms with Crippen molar-refractivity contribution >= 4 is 17.9 Å². The zero-order valence-electron chi connectivity index (χ0n) is 16.9. The van der Waals surface area contributed by atoms with Crippen molar-refractivity contribution in [3.05, 3.63) is 29.1 Å². The molecule has 0 spiro atoms. The number of hydrogen-bond donors (Lipinski definition) is 1. The van der Waals surface area contributed by atoms with Crippen molar-refractivity contribution in [1.29, 1.82) is 0 Å². The predicted octanol–water partition coefficient (Wildman–Crippen LogP) is 1.62. The van der Waals surface area contributed by atoms with Crippen molar-refractivity contribution < 1.29 is 32.2 Å². The average molecular weight is 443 g/mol. The van der Waals surface area contributed by atoms with Gasteiger partial charge in [-0.1, -0.05) is 5.10 Å². The number of aromatic nitrogens is 5. The maximum absolute atomic E-state index is 13.1. The number of carbonyl (C=O) groups excluding carboxylic acids is 2. The first-order chi connectivity index (χ1) is 14.5. The fourth-order valence-corrected chi connectivity index (χ4v) is 2.94. The van der Waals surface area contributed by atoms with Gasteiger partial charge in [0, 0.05) is 13.6 Å². The summed E-state index contributed by atoms with van der Waals surface area (Å²) in [5.41, 5.74) is -2.51. The lowest BCUT2D eigenvalue weighted by molar-refractivity contribution is -0.141. The van der Waals surface area contributed by atoms with Crippen molar-refractivity contribution in [1.82, 2.24) is 30.1 Å². The number of nitrogens with one attached hydrogen (secondary N) is 1. The summed E-state index contributed by atoms with van der Waals surface area (Å²) in [6, 6.07) is 1.70. The summed E-state index contributed by atoms with van der Waals surface area (Å²) in [7, 11) is 1.48. The van der Waals surface area contributed by atoms with E-state index in [1.54, 1.807) is 13.8 Å². The Hall–Kier alpha value is -3.29. The fraction of sp³-hybridized carbons (Fsp3) is 0.529. The van der Waals surface area contributed by atoms with Crippen molar-refractivity contribution in [3.8, 4) is 0 Å². The van der Waals surface area contributed by atoms with E-state index in [9.17, 15) is 22.8 Å². The Kier molecular flexibility index (Phi) is 6.10. The summed E-state index contributed by atoms with van der Waals surface area (Å²) in [5, 5.41) is 12.9. The Balaban J connectivity index is 1.77. The molecule has 0 saturated carbocycles. The van der Waals surface area contributed by atoms with Gasteiger partial charge in [0.05, 0.1) is 31.0 Å². The molecule has 2 aromatic rings. The van der Waals surface area contributed by atoms with Crippen molar-refractivity contribution in [2.24, 2.45) is 7.05 Å². The van der Waals surface area contributed by atoms with Gasteiger partial charge in [0.1, 0.15) is 5.69 Å². The Morgan fingerprint density at radius 1 is 1.39 bits per heavy atom. The van der Waals surface area contributed by atoms with E-state index >= 15 is 0 Å². The highest BCUT2D eigenvalue weighted by Gasteiger charge is 2.41. The van der Waals surface area contributed by atoms with E-state index in [4.69, 9.17) is 9.47 Å². The minimum Gasteiger partial charge on any atom is -0.439 e. The number of anilines is 1. The van der Waals surface area contributed by atoms with Gasteiger partial charge in [-0.05, 0) is 36.4 Å². The lowest BCUT2D eigenvalue weighted by Gasteiger charge is -2.21. The first-order valence-corrected chi connectivity index (χ1v) is 9.19. The summed E-state index contributed by atoms with van der Waals surface area (Å²) in [5.74, 6) is -0.754. The maximum Gasteiger partial charge on any atom is 0.433 e. The van der Waals surface area contributed by atoms with Crippen LogP contribution in [0.1, 0.15) is 35.6 Å². The van der Waals surface area contributed by atoms with Crippen molar-refractivity contribution in [2.75, 3.05) is 25.0 Å². The van der Waals surface area contributed by atoms with Gasteiger partial charge in [0.25, 0.3) is 5.91 Å². The topological polar surface area (TPSA) is 124 Å². The SMILES string of the molecule is CCN1CC(C)(COCc2nc(C(F)(F)F)ccc2C(=O)Nc2nnnn2C)OC1=O. The highest BCUT2D eigenvalue weighted by molar-refractivity contribution is 6.04. The number of ether oxygens (including phenoxy) is 2. The summed E-state index contributed by atoms with van der Waals surface area (Å²) in [6.45, 7) is 3.65. The number of pyridine rings is 1. The largest absolute Gasteiger partial charge is 0.439 e. The van der Waals surface area contributed by atoms with Crippen LogP contribution in [0.4, 0.5) is 23.9 Å². The molecule has 2 amide bonds. The number of likely N-dealkylation sites (N-methyl/N-ethyl adjacent to an activating group) is 1. The molecule has 1 aliphatic rings. The van der Waals surface area contributed by atoms with E-state index in [1.807, 2.05) is 0 Å². The number of amides is 2. The molecule has 1 N–H and O–H groups in total. The van der Waals surface area contributed by atoms with Gasteiger partial charge in [-0.2, -0.15) is 13.2 Å². The summed E-state index contributed by atoms with van der Waals surface area (Å²) in [6.07, 6.45) is -5.20. The zero-order chi connectivity index (χ0) is 22.8. The average Bonchev–Trinajstić information content (AvgIpc) is 3.22. The Morgan fingerprint density at radius 3 is 2.71 bits per heavy atom. The Labute approximate surface area is 174 Å². The third-order valence-electron chi connectivity index (χ3n) is 4.50. The van der Waals surface area contributed by atoms with Crippen molar-refractivity contribution in [3.63, 3.8) is 0 Å². The number of aryl methyl sites for hydroxylation is 1.